The molecule has 6 nitrogen and oxygen atoms in total. The van der Waals surface area contributed by atoms with Crippen LogP contribution >= 0.6 is 0 Å². The fourth-order valence-electron chi connectivity index (χ4n) is 2.79. The zero-order valence-electron chi connectivity index (χ0n) is 15.8. The van der Waals surface area contributed by atoms with Crippen LogP contribution in [-0.2, 0) is 14.3 Å². The highest BCUT2D eigenvalue weighted by molar-refractivity contribution is 6.16. The number of carbonyl (C=O) groups is 2. The fraction of sp³-hybridized carbons (Fsp3) is 0.238. The van der Waals surface area contributed by atoms with Crippen LogP contribution in [0.3, 0.4) is 0 Å². The van der Waals surface area contributed by atoms with Gasteiger partial charge in [-0.25, -0.2) is 4.79 Å². The molecular weight excluding hydrogens is 346 g/mol. The Kier molecular flexibility index (Phi) is 6.60. The highest BCUT2D eigenvalue weighted by Crippen LogP contribution is 2.34. The van der Waals surface area contributed by atoms with Crippen molar-refractivity contribution in [2.45, 2.75) is 6.92 Å². The van der Waals surface area contributed by atoms with Crippen molar-refractivity contribution >= 4 is 18.0 Å². The van der Waals surface area contributed by atoms with Crippen LogP contribution in [0.15, 0.2) is 60.4 Å². The maximum atomic E-state index is 12.8. The average molecular weight is 369 g/mol. The number of allylic oxidation sites excluding steroid dienone is 1. The molecule has 1 amide bonds. The van der Waals surface area contributed by atoms with Crippen molar-refractivity contribution in [2.24, 2.45) is 0 Å². The maximum absolute atomic E-state index is 12.8. The lowest BCUT2D eigenvalue weighted by atomic mass is 10.0. The number of hydrogen-bond acceptors (Lipinski definition) is 5. The van der Waals surface area contributed by atoms with Crippen LogP contribution in [0.4, 0.5) is 0 Å². The first-order chi connectivity index (χ1) is 13.0. The summed E-state index contributed by atoms with van der Waals surface area (Å²) in [6.07, 6.45) is 4.88. The van der Waals surface area contributed by atoms with E-state index in [0.717, 1.165) is 0 Å². The highest BCUT2D eigenvalue weighted by atomic mass is 16.5. The SMILES string of the molecule is C=CCOc1ccc(/C=C2\C(=O)N(CC=C)C(C)=C2C(=O)OC)cc1OC. The summed E-state index contributed by atoms with van der Waals surface area (Å²) in [5.74, 6) is 0.237. The molecule has 2 rings (SSSR count). The molecule has 0 bridgehead atoms. The minimum atomic E-state index is -0.559. The Hall–Kier alpha value is -3.28. The molecule has 1 aromatic carbocycles. The topological polar surface area (TPSA) is 65.1 Å². The molecule has 1 heterocycles. The Morgan fingerprint density at radius 3 is 2.52 bits per heavy atom. The minimum Gasteiger partial charge on any atom is -0.493 e. The molecule has 27 heavy (non-hydrogen) atoms. The van der Waals surface area contributed by atoms with Gasteiger partial charge >= 0.3 is 5.97 Å². The van der Waals surface area contributed by atoms with Gasteiger partial charge in [0.05, 0.1) is 25.4 Å². The largest absolute Gasteiger partial charge is 0.493 e. The number of amides is 1. The molecule has 0 aromatic heterocycles. The number of carbonyl (C=O) groups excluding carboxylic acids is 2. The van der Waals surface area contributed by atoms with Crippen LogP contribution in [0.25, 0.3) is 6.08 Å². The van der Waals surface area contributed by atoms with E-state index in [1.54, 1.807) is 43.4 Å². The van der Waals surface area contributed by atoms with E-state index in [2.05, 4.69) is 13.2 Å². The lowest BCUT2D eigenvalue weighted by Crippen LogP contribution is -2.24. The highest BCUT2D eigenvalue weighted by Gasteiger charge is 2.36. The van der Waals surface area contributed by atoms with Gasteiger partial charge in [0.15, 0.2) is 11.5 Å². The van der Waals surface area contributed by atoms with Crippen LogP contribution in [0.2, 0.25) is 0 Å². The number of rotatable bonds is 8. The van der Waals surface area contributed by atoms with Gasteiger partial charge in [0.1, 0.15) is 6.61 Å². The summed E-state index contributed by atoms with van der Waals surface area (Å²) in [6.45, 7) is 9.64. The summed E-state index contributed by atoms with van der Waals surface area (Å²) in [7, 11) is 2.82. The molecule has 6 heteroatoms. The van der Waals surface area contributed by atoms with Crippen molar-refractivity contribution in [3.63, 3.8) is 0 Å². The van der Waals surface area contributed by atoms with E-state index in [9.17, 15) is 9.59 Å². The zero-order valence-corrected chi connectivity index (χ0v) is 15.8. The fourth-order valence-corrected chi connectivity index (χ4v) is 2.79. The summed E-state index contributed by atoms with van der Waals surface area (Å²) in [6, 6.07) is 5.25. The Bertz CT molecular complexity index is 835. The molecule has 0 aliphatic carbocycles. The molecule has 0 saturated carbocycles. The summed E-state index contributed by atoms with van der Waals surface area (Å²) in [5.41, 5.74) is 1.74. The number of nitrogens with zero attached hydrogens (tertiary/aromatic N) is 1. The second-order valence-electron chi connectivity index (χ2n) is 5.72. The Morgan fingerprint density at radius 2 is 1.93 bits per heavy atom. The second-order valence-corrected chi connectivity index (χ2v) is 5.72. The molecule has 142 valence electrons. The molecule has 0 N–H and O–H groups in total. The summed E-state index contributed by atoms with van der Waals surface area (Å²) in [4.78, 5) is 26.5. The molecule has 0 fully saturated rings. The van der Waals surface area contributed by atoms with Gasteiger partial charge in [0.2, 0.25) is 0 Å². The molecule has 1 aliphatic rings. The molecule has 0 atom stereocenters. The van der Waals surface area contributed by atoms with Gasteiger partial charge < -0.3 is 19.1 Å². The molecule has 0 spiro atoms. The molecule has 1 aromatic rings. The number of benzene rings is 1. The van der Waals surface area contributed by atoms with Gasteiger partial charge in [0.25, 0.3) is 5.91 Å². The normalized spacial score (nSPS) is 15.1. The van der Waals surface area contributed by atoms with E-state index >= 15 is 0 Å². The van der Waals surface area contributed by atoms with Crippen LogP contribution in [0.1, 0.15) is 12.5 Å². The maximum Gasteiger partial charge on any atom is 0.340 e. The minimum absolute atomic E-state index is 0.246. The van der Waals surface area contributed by atoms with E-state index in [-0.39, 0.29) is 17.1 Å². The molecule has 0 unspecified atom stereocenters. The first-order valence-electron chi connectivity index (χ1n) is 8.34. The van der Waals surface area contributed by atoms with E-state index in [4.69, 9.17) is 14.2 Å². The van der Waals surface area contributed by atoms with Gasteiger partial charge in [-0.15, -0.1) is 6.58 Å². The van der Waals surface area contributed by atoms with Crippen molar-refractivity contribution in [1.29, 1.82) is 0 Å². The smallest absolute Gasteiger partial charge is 0.340 e. The number of ether oxygens (including phenoxy) is 3. The third-order valence-electron chi connectivity index (χ3n) is 4.07. The van der Waals surface area contributed by atoms with Crippen LogP contribution < -0.4 is 9.47 Å². The number of hydrogen-bond donors (Lipinski definition) is 0. The van der Waals surface area contributed by atoms with Crippen molar-refractivity contribution in [2.75, 3.05) is 27.4 Å². The summed E-state index contributed by atoms with van der Waals surface area (Å²) in [5, 5.41) is 0. The van der Waals surface area contributed by atoms with E-state index < -0.39 is 5.97 Å². The van der Waals surface area contributed by atoms with Crippen molar-refractivity contribution in [1.82, 2.24) is 4.90 Å². The van der Waals surface area contributed by atoms with Crippen LogP contribution in [0.5, 0.6) is 11.5 Å². The predicted octanol–water partition coefficient (Wildman–Crippen LogP) is 3.12. The molecular formula is C21H23NO5. The Morgan fingerprint density at radius 1 is 1.19 bits per heavy atom. The molecule has 0 radical (unpaired) electrons. The van der Waals surface area contributed by atoms with Gasteiger partial charge in [-0.3, -0.25) is 4.79 Å². The van der Waals surface area contributed by atoms with Crippen molar-refractivity contribution < 1.29 is 23.8 Å². The van der Waals surface area contributed by atoms with Gasteiger partial charge in [-0.05, 0) is 30.7 Å². The zero-order chi connectivity index (χ0) is 20.0. The summed E-state index contributed by atoms with van der Waals surface area (Å²) < 4.78 is 15.7. The third-order valence-corrected chi connectivity index (χ3v) is 4.07. The predicted molar refractivity (Wildman–Crippen MR) is 103 cm³/mol. The first kappa shape index (κ1) is 20.0. The third kappa shape index (κ3) is 4.11. The van der Waals surface area contributed by atoms with E-state index in [1.807, 2.05) is 0 Å². The average Bonchev–Trinajstić information content (AvgIpc) is 2.90. The molecule has 1 aliphatic heterocycles. The lowest BCUT2D eigenvalue weighted by Gasteiger charge is -2.14. The lowest BCUT2D eigenvalue weighted by molar-refractivity contribution is -0.136. The Labute approximate surface area is 159 Å². The Balaban J connectivity index is 2.49. The second kappa shape index (κ2) is 8.89. The van der Waals surface area contributed by atoms with Gasteiger partial charge in [-0.1, -0.05) is 24.8 Å². The summed E-state index contributed by atoms with van der Waals surface area (Å²) >= 11 is 0. The van der Waals surface area contributed by atoms with Crippen molar-refractivity contribution in [3.8, 4) is 11.5 Å². The number of esters is 1. The molecule has 0 saturated heterocycles. The number of methoxy groups -OCH3 is 2. The first-order valence-corrected chi connectivity index (χ1v) is 8.34. The standard InChI is InChI=1S/C21H23NO5/c1-6-10-22-14(3)19(21(24)26-5)16(20(22)23)12-15-8-9-17(27-11-7-2)18(13-15)25-4/h6-9,12-13H,1-2,10-11H2,3-5H3/b16-12-. The van der Waals surface area contributed by atoms with Gasteiger partial charge in [0, 0.05) is 12.2 Å². The monoisotopic (exact) mass is 369 g/mol. The van der Waals surface area contributed by atoms with Crippen LogP contribution in [-0.4, -0.2) is 44.1 Å². The van der Waals surface area contributed by atoms with Crippen molar-refractivity contribution in [3.05, 3.63) is 65.9 Å². The van der Waals surface area contributed by atoms with E-state index in [0.29, 0.717) is 35.9 Å². The van der Waals surface area contributed by atoms with Gasteiger partial charge in [-0.2, -0.15) is 0 Å². The van der Waals surface area contributed by atoms with Crippen LogP contribution in [0, 0.1) is 0 Å². The quantitative estimate of drug-likeness (QED) is 0.400. The van der Waals surface area contributed by atoms with E-state index in [1.165, 1.54) is 19.1 Å².